The number of anilines is 1. The van der Waals surface area contributed by atoms with Crippen LogP contribution in [0.15, 0.2) is 85.1 Å². The molecule has 0 fully saturated rings. The number of rotatable bonds is 11. The Morgan fingerprint density at radius 3 is 2.33 bits per heavy atom. The Hall–Kier alpha value is -4.23. The number of likely N-dealkylation sites (N-methyl/N-ethyl adjacent to an activating group) is 1. The number of aromatic nitrogens is 2. The van der Waals surface area contributed by atoms with Gasteiger partial charge in [0.15, 0.2) is 0 Å². The molecule has 0 saturated carbocycles. The summed E-state index contributed by atoms with van der Waals surface area (Å²) in [6.45, 7) is 2.37. The van der Waals surface area contributed by atoms with Crippen LogP contribution < -0.4 is 4.90 Å². The third kappa shape index (κ3) is 7.88. The Morgan fingerprint density at radius 2 is 1.64 bits per heavy atom. The van der Waals surface area contributed by atoms with Gasteiger partial charge in [-0.15, -0.1) is 0 Å². The number of aliphatic carboxylic acids is 1. The van der Waals surface area contributed by atoms with Crippen LogP contribution in [0.2, 0.25) is 5.02 Å². The second-order valence-electron chi connectivity index (χ2n) is 9.53. The minimum Gasteiger partial charge on any atom is -0.480 e. The Balaban J connectivity index is 1.65. The molecule has 0 saturated heterocycles. The van der Waals surface area contributed by atoms with E-state index in [0.29, 0.717) is 29.6 Å². The van der Waals surface area contributed by atoms with Gasteiger partial charge in [0, 0.05) is 37.8 Å². The number of carbonyl (C=O) groups excluding carboxylic acids is 1. The molecule has 4 aromatic rings. The van der Waals surface area contributed by atoms with Crippen molar-refractivity contribution in [2.45, 2.75) is 26.3 Å². The fraction of sp³-hybridized carbons (Fsp3) is 0.226. The monoisotopic (exact) mass is 542 g/mol. The molecule has 8 heteroatoms. The van der Waals surface area contributed by atoms with Gasteiger partial charge in [0.1, 0.15) is 6.54 Å². The van der Waals surface area contributed by atoms with E-state index in [4.69, 9.17) is 16.6 Å². The molecule has 1 aromatic heterocycles. The largest absolute Gasteiger partial charge is 0.480 e. The standard InChI is InChI=1S/C31H31ClN4O3/c1-22-7-6-10-25(17-22)18-28-27(19-33-31(34-28)35(2)16-15-23-8-4-3-5-9-23)30(39)36(21-29(37)38)20-24-11-13-26(32)14-12-24/h3-14,17,19H,15-16,18,20-21H2,1-2H3,(H,37,38). The van der Waals surface area contributed by atoms with E-state index < -0.39 is 18.4 Å². The molecule has 200 valence electrons. The van der Waals surface area contributed by atoms with Crippen LogP contribution in [0.4, 0.5) is 5.95 Å². The summed E-state index contributed by atoms with van der Waals surface area (Å²) in [6.07, 6.45) is 2.75. The van der Waals surface area contributed by atoms with Gasteiger partial charge in [-0.1, -0.05) is 83.9 Å². The zero-order valence-corrected chi connectivity index (χ0v) is 22.8. The molecule has 0 bridgehead atoms. The Morgan fingerprint density at radius 1 is 0.923 bits per heavy atom. The molecule has 0 aliphatic heterocycles. The van der Waals surface area contributed by atoms with Crippen molar-refractivity contribution in [3.05, 3.63) is 124 Å². The lowest BCUT2D eigenvalue weighted by Gasteiger charge is -2.23. The highest BCUT2D eigenvalue weighted by atomic mass is 35.5. The number of aryl methyl sites for hydroxylation is 1. The first-order valence-electron chi connectivity index (χ1n) is 12.7. The predicted molar refractivity (Wildman–Crippen MR) is 153 cm³/mol. The van der Waals surface area contributed by atoms with E-state index in [-0.39, 0.29) is 12.1 Å². The molecule has 39 heavy (non-hydrogen) atoms. The van der Waals surface area contributed by atoms with Crippen LogP contribution in [0.3, 0.4) is 0 Å². The number of halogens is 1. The highest BCUT2D eigenvalue weighted by Gasteiger charge is 2.24. The van der Waals surface area contributed by atoms with E-state index in [1.807, 2.05) is 55.3 Å². The quantitative estimate of drug-likeness (QED) is 0.272. The first-order valence-corrected chi connectivity index (χ1v) is 13.1. The Labute approximate surface area is 233 Å². The average molecular weight is 543 g/mol. The van der Waals surface area contributed by atoms with Crippen LogP contribution in [0, 0.1) is 6.92 Å². The fourth-order valence-corrected chi connectivity index (χ4v) is 4.43. The molecule has 0 atom stereocenters. The van der Waals surface area contributed by atoms with Crippen LogP contribution in [0.25, 0.3) is 0 Å². The maximum atomic E-state index is 13.8. The maximum absolute atomic E-state index is 13.8. The van der Waals surface area contributed by atoms with E-state index >= 15 is 0 Å². The third-order valence-corrected chi connectivity index (χ3v) is 6.61. The first kappa shape index (κ1) is 27.8. The van der Waals surface area contributed by atoms with Gasteiger partial charge in [-0.3, -0.25) is 9.59 Å². The molecule has 0 aliphatic carbocycles. The molecule has 0 radical (unpaired) electrons. The zero-order chi connectivity index (χ0) is 27.8. The number of carboxylic acids is 1. The summed E-state index contributed by atoms with van der Waals surface area (Å²) in [5.74, 6) is -1.03. The lowest BCUT2D eigenvalue weighted by molar-refractivity contribution is -0.137. The van der Waals surface area contributed by atoms with Crippen LogP contribution >= 0.6 is 11.6 Å². The van der Waals surface area contributed by atoms with E-state index in [0.717, 1.165) is 23.1 Å². The van der Waals surface area contributed by atoms with Crippen LogP contribution in [-0.2, 0) is 24.2 Å². The fourth-order valence-electron chi connectivity index (χ4n) is 4.30. The van der Waals surface area contributed by atoms with E-state index in [2.05, 4.69) is 23.2 Å². The lowest BCUT2D eigenvalue weighted by atomic mass is 10.0. The smallest absolute Gasteiger partial charge is 0.323 e. The summed E-state index contributed by atoms with van der Waals surface area (Å²) in [6, 6.07) is 25.2. The van der Waals surface area contributed by atoms with Crippen LogP contribution in [0.5, 0.6) is 0 Å². The van der Waals surface area contributed by atoms with Crippen LogP contribution in [-0.4, -0.2) is 52.0 Å². The molecule has 4 rings (SSSR count). The molecule has 7 nitrogen and oxygen atoms in total. The number of hydrogen-bond donors (Lipinski definition) is 1. The molecular formula is C31H31ClN4O3. The van der Waals surface area contributed by atoms with E-state index in [9.17, 15) is 14.7 Å². The topological polar surface area (TPSA) is 86.6 Å². The molecule has 1 heterocycles. The first-order chi connectivity index (χ1) is 18.8. The van der Waals surface area contributed by atoms with Gasteiger partial charge >= 0.3 is 5.97 Å². The van der Waals surface area contributed by atoms with Crippen molar-refractivity contribution in [3.8, 4) is 0 Å². The number of carboxylic acid groups (broad SMARTS) is 1. The van der Waals surface area contributed by atoms with Crippen molar-refractivity contribution in [1.82, 2.24) is 14.9 Å². The van der Waals surface area contributed by atoms with Crippen molar-refractivity contribution in [2.24, 2.45) is 0 Å². The van der Waals surface area contributed by atoms with Crippen molar-refractivity contribution in [1.29, 1.82) is 0 Å². The molecule has 0 spiro atoms. The molecule has 0 unspecified atom stereocenters. The van der Waals surface area contributed by atoms with Gasteiger partial charge in [0.05, 0.1) is 11.3 Å². The van der Waals surface area contributed by atoms with Crippen molar-refractivity contribution < 1.29 is 14.7 Å². The number of carbonyl (C=O) groups is 2. The number of benzene rings is 3. The van der Waals surface area contributed by atoms with Crippen LogP contribution in [0.1, 0.15) is 38.3 Å². The summed E-state index contributed by atoms with van der Waals surface area (Å²) in [5.41, 5.74) is 4.92. The van der Waals surface area contributed by atoms with Gasteiger partial charge in [0.25, 0.3) is 5.91 Å². The zero-order valence-electron chi connectivity index (χ0n) is 22.0. The highest BCUT2D eigenvalue weighted by molar-refractivity contribution is 6.30. The van der Waals surface area contributed by atoms with Crippen molar-refractivity contribution in [2.75, 3.05) is 25.0 Å². The van der Waals surface area contributed by atoms with E-state index in [1.54, 1.807) is 24.3 Å². The molecule has 1 N–H and O–H groups in total. The Bertz CT molecular complexity index is 1430. The molecule has 3 aromatic carbocycles. The molecule has 0 aliphatic rings. The highest BCUT2D eigenvalue weighted by Crippen LogP contribution is 2.20. The van der Waals surface area contributed by atoms with Crippen molar-refractivity contribution >= 4 is 29.4 Å². The van der Waals surface area contributed by atoms with Gasteiger partial charge in [0.2, 0.25) is 5.95 Å². The minimum absolute atomic E-state index is 0.116. The summed E-state index contributed by atoms with van der Waals surface area (Å²) in [4.78, 5) is 38.0. The second kappa shape index (κ2) is 13.0. The normalized spacial score (nSPS) is 10.7. The van der Waals surface area contributed by atoms with Gasteiger partial charge in [-0.05, 0) is 42.2 Å². The summed E-state index contributed by atoms with van der Waals surface area (Å²) >= 11 is 6.00. The Kier molecular flexibility index (Phi) is 9.28. The number of amides is 1. The molecular weight excluding hydrogens is 512 g/mol. The number of nitrogens with zero attached hydrogens (tertiary/aromatic N) is 4. The SMILES string of the molecule is Cc1cccc(Cc2nc(N(C)CCc3ccccc3)ncc2C(=O)N(CC(=O)O)Cc2ccc(Cl)cc2)c1. The summed E-state index contributed by atoms with van der Waals surface area (Å²) in [5, 5.41) is 10.1. The minimum atomic E-state index is -1.10. The predicted octanol–water partition coefficient (Wildman–Crippen LogP) is 5.44. The van der Waals surface area contributed by atoms with Gasteiger partial charge in [-0.2, -0.15) is 0 Å². The summed E-state index contributed by atoms with van der Waals surface area (Å²) < 4.78 is 0. The van der Waals surface area contributed by atoms with Gasteiger partial charge in [-0.25, -0.2) is 9.97 Å². The van der Waals surface area contributed by atoms with Gasteiger partial charge < -0.3 is 14.9 Å². The van der Waals surface area contributed by atoms with Crippen molar-refractivity contribution in [3.63, 3.8) is 0 Å². The van der Waals surface area contributed by atoms with E-state index in [1.165, 1.54) is 16.7 Å². The molecule has 1 amide bonds. The average Bonchev–Trinajstić information content (AvgIpc) is 2.92. The number of hydrogen-bond acceptors (Lipinski definition) is 5. The third-order valence-electron chi connectivity index (χ3n) is 6.36. The lowest BCUT2D eigenvalue weighted by Crippen LogP contribution is -2.36. The second-order valence-corrected chi connectivity index (χ2v) is 9.97. The maximum Gasteiger partial charge on any atom is 0.323 e. The summed E-state index contributed by atoms with van der Waals surface area (Å²) in [7, 11) is 1.92.